The van der Waals surface area contributed by atoms with Crippen molar-refractivity contribution in [3.63, 3.8) is 0 Å². The van der Waals surface area contributed by atoms with E-state index in [1.165, 1.54) is 11.8 Å². The number of amides is 2. The van der Waals surface area contributed by atoms with Gasteiger partial charge in [-0.25, -0.2) is 4.79 Å². The SMILES string of the molecule is CC(=O)N1c2ccc(-c3ccc(C=O)cc3)cc2[C@H](N(C(=O)O)C(C)C)C[C@@H]1C. The number of rotatable bonds is 4. The van der Waals surface area contributed by atoms with E-state index in [2.05, 4.69) is 0 Å². The summed E-state index contributed by atoms with van der Waals surface area (Å²) in [7, 11) is 0. The molecule has 6 nitrogen and oxygen atoms in total. The Hall–Kier alpha value is -3.15. The molecule has 2 aromatic rings. The summed E-state index contributed by atoms with van der Waals surface area (Å²) in [4.78, 5) is 38.4. The zero-order valence-corrected chi connectivity index (χ0v) is 17.1. The fourth-order valence-corrected chi connectivity index (χ4v) is 4.22. The quantitative estimate of drug-likeness (QED) is 0.760. The van der Waals surface area contributed by atoms with Crippen molar-refractivity contribution in [2.24, 2.45) is 0 Å². The van der Waals surface area contributed by atoms with Crippen molar-refractivity contribution in [3.05, 3.63) is 53.6 Å². The maximum atomic E-state index is 12.3. The van der Waals surface area contributed by atoms with E-state index in [1.807, 2.05) is 51.1 Å². The highest BCUT2D eigenvalue weighted by Gasteiger charge is 2.38. The lowest BCUT2D eigenvalue weighted by molar-refractivity contribution is -0.117. The second-order valence-corrected chi connectivity index (χ2v) is 7.79. The first-order valence-corrected chi connectivity index (χ1v) is 9.75. The first kappa shape index (κ1) is 20.6. The van der Waals surface area contributed by atoms with Crippen LogP contribution in [-0.4, -0.2) is 40.4 Å². The predicted octanol–water partition coefficient (Wildman–Crippen LogP) is 4.74. The van der Waals surface area contributed by atoms with Crippen molar-refractivity contribution in [1.82, 2.24) is 4.90 Å². The van der Waals surface area contributed by atoms with Gasteiger partial charge in [-0.05, 0) is 56.0 Å². The van der Waals surface area contributed by atoms with Crippen LogP contribution in [0.5, 0.6) is 0 Å². The third-order valence-electron chi connectivity index (χ3n) is 5.48. The number of carboxylic acid groups (broad SMARTS) is 1. The highest BCUT2D eigenvalue weighted by atomic mass is 16.4. The van der Waals surface area contributed by atoms with Crippen LogP contribution in [0.25, 0.3) is 11.1 Å². The molecule has 0 spiro atoms. The molecule has 0 unspecified atom stereocenters. The molecular formula is C23H26N2O4. The summed E-state index contributed by atoms with van der Waals surface area (Å²) >= 11 is 0. The number of hydrogen-bond donors (Lipinski definition) is 1. The van der Waals surface area contributed by atoms with E-state index in [4.69, 9.17) is 0 Å². The molecule has 1 N–H and O–H groups in total. The highest BCUT2D eigenvalue weighted by Crippen LogP contribution is 2.43. The van der Waals surface area contributed by atoms with Crippen LogP contribution >= 0.6 is 0 Å². The smallest absolute Gasteiger partial charge is 0.408 e. The van der Waals surface area contributed by atoms with E-state index in [0.717, 1.165) is 28.7 Å². The number of anilines is 1. The van der Waals surface area contributed by atoms with Gasteiger partial charge in [-0.15, -0.1) is 0 Å². The molecule has 0 bridgehead atoms. The van der Waals surface area contributed by atoms with Gasteiger partial charge >= 0.3 is 6.09 Å². The number of nitrogens with zero attached hydrogens (tertiary/aromatic N) is 2. The van der Waals surface area contributed by atoms with Crippen molar-refractivity contribution in [3.8, 4) is 11.1 Å². The van der Waals surface area contributed by atoms with Crippen LogP contribution in [0.4, 0.5) is 10.5 Å². The number of carbonyl (C=O) groups is 3. The highest BCUT2D eigenvalue weighted by molar-refractivity contribution is 5.94. The molecule has 3 rings (SSSR count). The van der Waals surface area contributed by atoms with E-state index < -0.39 is 6.09 Å². The van der Waals surface area contributed by atoms with Crippen LogP contribution in [0.2, 0.25) is 0 Å². The maximum absolute atomic E-state index is 12.3. The van der Waals surface area contributed by atoms with E-state index in [1.54, 1.807) is 17.0 Å². The van der Waals surface area contributed by atoms with E-state index in [0.29, 0.717) is 12.0 Å². The van der Waals surface area contributed by atoms with Gasteiger partial charge in [-0.2, -0.15) is 0 Å². The zero-order valence-electron chi connectivity index (χ0n) is 17.1. The molecule has 152 valence electrons. The lowest BCUT2D eigenvalue weighted by atomic mass is 9.87. The Kier molecular flexibility index (Phi) is 5.73. The fourth-order valence-electron chi connectivity index (χ4n) is 4.22. The van der Waals surface area contributed by atoms with Gasteiger partial charge in [-0.3, -0.25) is 14.5 Å². The lowest BCUT2D eigenvalue weighted by Gasteiger charge is -2.43. The maximum Gasteiger partial charge on any atom is 0.408 e. The first-order chi connectivity index (χ1) is 13.7. The van der Waals surface area contributed by atoms with Crippen LogP contribution in [0.1, 0.15) is 56.1 Å². The second kappa shape index (κ2) is 8.07. The van der Waals surface area contributed by atoms with Gasteiger partial charge in [0.15, 0.2) is 0 Å². The topological polar surface area (TPSA) is 77.9 Å². The van der Waals surface area contributed by atoms with Crippen LogP contribution in [0.3, 0.4) is 0 Å². The Morgan fingerprint density at radius 3 is 2.28 bits per heavy atom. The third-order valence-corrected chi connectivity index (χ3v) is 5.48. The number of hydrogen-bond acceptors (Lipinski definition) is 3. The minimum absolute atomic E-state index is 0.0632. The number of benzene rings is 2. The Morgan fingerprint density at radius 2 is 1.76 bits per heavy atom. The summed E-state index contributed by atoms with van der Waals surface area (Å²) in [6.45, 7) is 7.20. The minimum Gasteiger partial charge on any atom is -0.465 e. The normalized spacial score (nSPS) is 18.3. The van der Waals surface area contributed by atoms with Gasteiger partial charge in [0.2, 0.25) is 5.91 Å². The Balaban J connectivity index is 2.16. The van der Waals surface area contributed by atoms with Crippen molar-refractivity contribution in [1.29, 1.82) is 0 Å². The summed E-state index contributed by atoms with van der Waals surface area (Å²) in [5.74, 6) is -0.0632. The molecule has 1 aliphatic rings. The molecule has 1 aliphatic heterocycles. The summed E-state index contributed by atoms with van der Waals surface area (Å²) in [5, 5.41) is 9.84. The van der Waals surface area contributed by atoms with Gasteiger partial charge < -0.3 is 10.0 Å². The third kappa shape index (κ3) is 3.88. The van der Waals surface area contributed by atoms with E-state index in [-0.39, 0.29) is 24.0 Å². The molecule has 2 aromatic carbocycles. The summed E-state index contributed by atoms with van der Waals surface area (Å²) in [6, 6.07) is 12.4. The van der Waals surface area contributed by atoms with Crippen LogP contribution in [0, 0.1) is 0 Å². The average molecular weight is 394 g/mol. The van der Waals surface area contributed by atoms with Gasteiger partial charge in [0, 0.05) is 30.3 Å². The predicted molar refractivity (Wildman–Crippen MR) is 112 cm³/mol. The van der Waals surface area contributed by atoms with Gasteiger partial charge in [0.1, 0.15) is 6.29 Å². The largest absolute Gasteiger partial charge is 0.465 e. The Morgan fingerprint density at radius 1 is 1.14 bits per heavy atom. The van der Waals surface area contributed by atoms with Crippen LogP contribution in [-0.2, 0) is 4.79 Å². The van der Waals surface area contributed by atoms with E-state index in [9.17, 15) is 19.5 Å². The summed E-state index contributed by atoms with van der Waals surface area (Å²) in [6.07, 6.45) is 0.358. The molecule has 6 heteroatoms. The molecule has 0 saturated carbocycles. The minimum atomic E-state index is -0.972. The molecule has 1 heterocycles. The molecule has 0 aliphatic carbocycles. The molecule has 2 atom stereocenters. The standard InChI is InChI=1S/C23H26N2O4/c1-14(2)24(23(28)29)22-11-15(3)25(16(4)27)21-10-9-19(12-20(21)22)18-7-5-17(13-26)6-8-18/h5-10,12-15,22H,11H2,1-4H3,(H,28,29)/t15-,22+/m0/s1. The summed E-state index contributed by atoms with van der Waals surface area (Å²) in [5.41, 5.74) is 4.01. The van der Waals surface area contributed by atoms with Crippen molar-refractivity contribution < 1.29 is 19.5 Å². The van der Waals surface area contributed by atoms with E-state index >= 15 is 0 Å². The molecular weight excluding hydrogens is 368 g/mol. The molecule has 2 amide bonds. The first-order valence-electron chi connectivity index (χ1n) is 9.75. The molecule has 0 fully saturated rings. The van der Waals surface area contributed by atoms with Crippen molar-refractivity contribution in [2.45, 2.75) is 52.2 Å². The molecule has 29 heavy (non-hydrogen) atoms. The molecule has 0 radical (unpaired) electrons. The monoisotopic (exact) mass is 394 g/mol. The van der Waals surface area contributed by atoms with Gasteiger partial charge in [0.05, 0.1) is 6.04 Å². The van der Waals surface area contributed by atoms with Gasteiger partial charge in [0.25, 0.3) is 0 Å². The van der Waals surface area contributed by atoms with Crippen LogP contribution < -0.4 is 4.90 Å². The lowest BCUT2D eigenvalue weighted by Crippen LogP contribution is -2.48. The number of carbonyl (C=O) groups excluding carboxylic acids is 2. The van der Waals surface area contributed by atoms with Crippen molar-refractivity contribution >= 4 is 24.0 Å². The zero-order chi connectivity index (χ0) is 21.3. The molecule has 0 saturated heterocycles. The van der Waals surface area contributed by atoms with Gasteiger partial charge in [-0.1, -0.05) is 30.3 Å². The average Bonchev–Trinajstić information content (AvgIpc) is 2.67. The second-order valence-electron chi connectivity index (χ2n) is 7.79. The fraction of sp³-hybridized carbons (Fsp3) is 0.348. The van der Waals surface area contributed by atoms with Crippen molar-refractivity contribution in [2.75, 3.05) is 4.90 Å². The number of aldehydes is 1. The number of fused-ring (bicyclic) bond motifs is 1. The van der Waals surface area contributed by atoms with Crippen LogP contribution in [0.15, 0.2) is 42.5 Å². The summed E-state index contributed by atoms with van der Waals surface area (Å²) < 4.78 is 0. The molecule has 0 aromatic heterocycles. The Bertz CT molecular complexity index is 936. The Labute approximate surface area is 170 Å².